The van der Waals surface area contributed by atoms with Gasteiger partial charge in [-0.05, 0) is 49.6 Å². The van der Waals surface area contributed by atoms with Gasteiger partial charge < -0.3 is 19.2 Å². The lowest BCUT2D eigenvalue weighted by molar-refractivity contribution is -0.0264. The van der Waals surface area contributed by atoms with Crippen molar-refractivity contribution in [3.05, 3.63) is 70.2 Å². The van der Waals surface area contributed by atoms with Crippen LogP contribution in [0.2, 0.25) is 0 Å². The van der Waals surface area contributed by atoms with E-state index in [0.717, 1.165) is 11.3 Å². The van der Waals surface area contributed by atoms with Gasteiger partial charge in [0.15, 0.2) is 11.6 Å². The molecule has 1 aromatic carbocycles. The molecule has 2 aliphatic rings. The molecule has 1 saturated heterocycles. The number of nitrogens with one attached hydrogen (secondary N) is 1. The highest BCUT2D eigenvalue weighted by atomic mass is 16.5. The van der Waals surface area contributed by atoms with Gasteiger partial charge in [-0.1, -0.05) is 12.1 Å². The summed E-state index contributed by atoms with van der Waals surface area (Å²) in [6.07, 6.45) is 2.46. The number of aliphatic hydroxyl groups is 1. The molecule has 0 spiro atoms. The molecule has 1 fully saturated rings. The summed E-state index contributed by atoms with van der Waals surface area (Å²) in [6, 6.07) is 11.2. The molecule has 1 atom stereocenters. The fourth-order valence-electron chi connectivity index (χ4n) is 5.18. The van der Waals surface area contributed by atoms with E-state index in [2.05, 4.69) is 15.0 Å². The normalized spacial score (nSPS) is 19.7. The third-order valence-electron chi connectivity index (χ3n) is 7.43. The first-order valence-electron chi connectivity index (χ1n) is 12.3. The number of aromatic amines is 1. The van der Waals surface area contributed by atoms with Gasteiger partial charge in [-0.2, -0.15) is 4.98 Å². The molecule has 0 amide bonds. The molecule has 12 heteroatoms. The minimum absolute atomic E-state index is 0.266. The second-order valence-electron chi connectivity index (χ2n) is 9.58. The summed E-state index contributed by atoms with van der Waals surface area (Å²) in [5.74, 6) is 8.61. The highest BCUT2D eigenvalue weighted by Gasteiger charge is 2.35. The van der Waals surface area contributed by atoms with E-state index in [1.165, 1.54) is 5.01 Å². The molecule has 0 saturated carbocycles. The summed E-state index contributed by atoms with van der Waals surface area (Å²) in [4.78, 5) is 24.5. The molecular formula is C25H30N8O4. The second-order valence-corrected chi connectivity index (χ2v) is 9.58. The molecule has 0 aliphatic carbocycles. The Morgan fingerprint density at radius 2 is 1.97 bits per heavy atom. The topological polar surface area (TPSA) is 143 Å². The van der Waals surface area contributed by atoms with Crippen LogP contribution >= 0.6 is 0 Å². The number of aromatic nitrogens is 4. The summed E-state index contributed by atoms with van der Waals surface area (Å²) in [6.45, 7) is 4.39. The average Bonchev–Trinajstić information content (AvgIpc) is 3.63. The van der Waals surface area contributed by atoms with Gasteiger partial charge in [-0.15, -0.1) is 0 Å². The number of imidazole rings is 1. The maximum Gasteiger partial charge on any atom is 0.343 e. The maximum absolute atomic E-state index is 12.9. The van der Waals surface area contributed by atoms with Crippen LogP contribution in [0.3, 0.4) is 0 Å². The van der Waals surface area contributed by atoms with E-state index in [0.29, 0.717) is 67.8 Å². The van der Waals surface area contributed by atoms with E-state index in [1.54, 1.807) is 28.5 Å². The van der Waals surface area contributed by atoms with Crippen LogP contribution in [0, 0.1) is 0 Å². The van der Waals surface area contributed by atoms with Gasteiger partial charge in [0.05, 0.1) is 19.0 Å². The second kappa shape index (κ2) is 8.91. The SMILES string of the molecule is COc1ccc(C2(O)CCN(CCn3c(=O)[nH]n4c5c(nc34)N(N)C(C)N=C5c3ccco3)CC2)cc1. The Morgan fingerprint density at radius 3 is 2.65 bits per heavy atom. The van der Waals surface area contributed by atoms with Crippen LogP contribution < -0.4 is 21.3 Å². The van der Waals surface area contributed by atoms with Crippen molar-refractivity contribution >= 4 is 17.3 Å². The van der Waals surface area contributed by atoms with Crippen molar-refractivity contribution in [2.45, 2.75) is 38.1 Å². The highest BCUT2D eigenvalue weighted by molar-refractivity contribution is 6.14. The van der Waals surface area contributed by atoms with Gasteiger partial charge in [0.2, 0.25) is 5.78 Å². The first-order valence-corrected chi connectivity index (χ1v) is 12.3. The number of hydrazine groups is 1. The number of rotatable bonds is 6. The van der Waals surface area contributed by atoms with Crippen LogP contribution in [0.15, 0.2) is 56.9 Å². The number of hydrogen-bond acceptors (Lipinski definition) is 9. The first-order chi connectivity index (χ1) is 17.9. The summed E-state index contributed by atoms with van der Waals surface area (Å²) < 4.78 is 14.1. The van der Waals surface area contributed by atoms with E-state index >= 15 is 0 Å². The maximum atomic E-state index is 12.9. The van der Waals surface area contributed by atoms with Crippen molar-refractivity contribution in [2.75, 3.05) is 31.8 Å². The number of ether oxygens (including phenoxy) is 1. The molecule has 4 aromatic rings. The third kappa shape index (κ3) is 3.93. The predicted octanol–water partition coefficient (Wildman–Crippen LogP) is 1.29. The van der Waals surface area contributed by atoms with E-state index in [1.807, 2.05) is 37.3 Å². The van der Waals surface area contributed by atoms with Crippen molar-refractivity contribution in [1.82, 2.24) is 24.1 Å². The largest absolute Gasteiger partial charge is 0.497 e. The van der Waals surface area contributed by atoms with Crippen LogP contribution in [-0.4, -0.2) is 67.8 Å². The number of nitrogens with two attached hydrogens (primary N) is 1. The molecule has 5 heterocycles. The zero-order chi connectivity index (χ0) is 25.7. The van der Waals surface area contributed by atoms with E-state index in [9.17, 15) is 9.90 Å². The Morgan fingerprint density at radius 1 is 1.22 bits per heavy atom. The number of piperidine rings is 1. The minimum atomic E-state index is -0.869. The fraction of sp³-hybridized carbons (Fsp3) is 0.400. The van der Waals surface area contributed by atoms with Gasteiger partial charge in [0.1, 0.15) is 23.3 Å². The van der Waals surface area contributed by atoms with E-state index in [-0.39, 0.29) is 11.9 Å². The van der Waals surface area contributed by atoms with Crippen LogP contribution in [0.25, 0.3) is 5.78 Å². The number of furan rings is 1. The van der Waals surface area contributed by atoms with Crippen molar-refractivity contribution in [1.29, 1.82) is 0 Å². The zero-order valence-electron chi connectivity index (χ0n) is 20.8. The molecule has 12 nitrogen and oxygen atoms in total. The molecule has 3 aromatic heterocycles. The van der Waals surface area contributed by atoms with Gasteiger partial charge in [0.25, 0.3) is 0 Å². The Kier molecular flexibility index (Phi) is 5.66. The third-order valence-corrected chi connectivity index (χ3v) is 7.43. The van der Waals surface area contributed by atoms with Gasteiger partial charge in [0, 0.05) is 26.2 Å². The molecule has 4 N–H and O–H groups in total. The molecular weight excluding hydrogens is 476 g/mol. The van der Waals surface area contributed by atoms with E-state index in [4.69, 9.17) is 20.0 Å². The monoisotopic (exact) mass is 506 g/mol. The number of nitrogens with zero attached hydrogens (tertiary/aromatic N) is 6. The average molecular weight is 507 g/mol. The number of fused-ring (bicyclic) bond motifs is 3. The van der Waals surface area contributed by atoms with Gasteiger partial charge in [-0.25, -0.2) is 20.3 Å². The van der Waals surface area contributed by atoms with Gasteiger partial charge >= 0.3 is 5.69 Å². The predicted molar refractivity (Wildman–Crippen MR) is 137 cm³/mol. The number of anilines is 1. The number of aliphatic imine (C=N–C) groups is 1. The number of methoxy groups -OCH3 is 1. The number of benzene rings is 1. The van der Waals surface area contributed by atoms with Crippen molar-refractivity contribution in [3.8, 4) is 5.75 Å². The molecule has 37 heavy (non-hydrogen) atoms. The summed E-state index contributed by atoms with van der Waals surface area (Å²) in [5, 5.41) is 15.6. The molecule has 1 unspecified atom stereocenters. The Bertz CT molecular complexity index is 1490. The lowest BCUT2D eigenvalue weighted by Crippen LogP contribution is -2.44. The lowest BCUT2D eigenvalue weighted by Gasteiger charge is -2.38. The first kappa shape index (κ1) is 23.5. The molecule has 194 valence electrons. The smallest absolute Gasteiger partial charge is 0.343 e. The van der Waals surface area contributed by atoms with Crippen LogP contribution in [0.4, 0.5) is 5.82 Å². The Balaban J connectivity index is 1.20. The van der Waals surface area contributed by atoms with Crippen molar-refractivity contribution in [2.24, 2.45) is 10.8 Å². The van der Waals surface area contributed by atoms with Crippen LogP contribution in [-0.2, 0) is 12.1 Å². The molecule has 0 bridgehead atoms. The summed E-state index contributed by atoms with van der Waals surface area (Å²) in [5.41, 5.74) is 0.936. The summed E-state index contributed by atoms with van der Waals surface area (Å²) >= 11 is 0. The Hall–Kier alpha value is -3.87. The number of likely N-dealkylation sites (tertiary alicyclic amines) is 1. The van der Waals surface area contributed by atoms with Crippen molar-refractivity contribution < 1.29 is 14.3 Å². The van der Waals surface area contributed by atoms with Crippen LogP contribution in [0.5, 0.6) is 5.75 Å². The van der Waals surface area contributed by atoms with Gasteiger partial charge in [-0.3, -0.25) is 14.6 Å². The van der Waals surface area contributed by atoms with Crippen molar-refractivity contribution in [3.63, 3.8) is 0 Å². The van der Waals surface area contributed by atoms with E-state index < -0.39 is 5.60 Å². The molecule has 6 rings (SSSR count). The molecule has 0 radical (unpaired) electrons. The quantitative estimate of drug-likeness (QED) is 0.332. The highest BCUT2D eigenvalue weighted by Crippen LogP contribution is 2.34. The molecule has 2 aliphatic heterocycles. The summed E-state index contributed by atoms with van der Waals surface area (Å²) in [7, 11) is 1.63. The lowest BCUT2D eigenvalue weighted by atomic mass is 9.84. The fourth-order valence-corrected chi connectivity index (χ4v) is 5.18. The Labute approximate surface area is 212 Å². The zero-order valence-corrected chi connectivity index (χ0v) is 20.8. The standard InChI is InChI=1S/C25H30N8O4/c1-16-27-20(19-4-3-15-37-19)21-22(32(16)26)28-23-31(24(34)29-33(21)23)14-13-30-11-9-25(35,10-12-30)17-5-7-18(36-2)8-6-17/h3-8,15-16,35H,9-14,26H2,1-2H3,(H,29,34). The van der Waals surface area contributed by atoms with Crippen LogP contribution in [0.1, 0.15) is 36.8 Å². The number of H-pyrrole nitrogens is 1. The minimum Gasteiger partial charge on any atom is -0.497 e. The number of hydrogen-bond donors (Lipinski definition) is 3.